The number of rotatable bonds is 3. The minimum atomic E-state index is -4.43. The van der Waals surface area contributed by atoms with Gasteiger partial charge in [0.05, 0.1) is 5.56 Å². The summed E-state index contributed by atoms with van der Waals surface area (Å²) in [5, 5.41) is 8.85. The number of halogens is 3. The molecule has 5 nitrogen and oxygen atoms in total. The largest absolute Gasteiger partial charge is 0.416 e. The number of benzene rings is 1. The molecule has 0 bridgehead atoms. The van der Waals surface area contributed by atoms with Crippen LogP contribution >= 0.6 is 0 Å². The fraction of sp³-hybridized carbons (Fsp3) is 0.529. The molecule has 1 saturated carbocycles. The number of nitrogens with zero attached hydrogens (tertiary/aromatic N) is 2. The van der Waals surface area contributed by atoms with Gasteiger partial charge < -0.3 is 14.9 Å². The van der Waals surface area contributed by atoms with Crippen molar-refractivity contribution in [1.29, 1.82) is 0 Å². The highest BCUT2D eigenvalue weighted by Crippen LogP contribution is 2.51. The molecule has 1 heterocycles. The molecule has 1 aromatic carbocycles. The van der Waals surface area contributed by atoms with E-state index in [0.717, 1.165) is 6.07 Å². The minimum absolute atomic E-state index is 0.155. The van der Waals surface area contributed by atoms with Crippen molar-refractivity contribution in [2.24, 2.45) is 5.92 Å². The first-order valence-corrected chi connectivity index (χ1v) is 8.16. The van der Waals surface area contributed by atoms with Crippen LogP contribution in [0, 0.1) is 5.92 Å². The average Bonchev–Trinajstić information content (AvgIpc) is 3.40. The lowest BCUT2D eigenvalue weighted by atomic mass is 10.0. The van der Waals surface area contributed by atoms with Gasteiger partial charge in [0.15, 0.2) is 0 Å². The molecule has 1 saturated heterocycles. The molecule has 1 aliphatic heterocycles. The molecule has 0 aromatic heterocycles. The van der Waals surface area contributed by atoms with Crippen LogP contribution in [0.1, 0.15) is 23.5 Å². The maximum atomic E-state index is 13.1. The lowest BCUT2D eigenvalue weighted by Crippen LogP contribution is -2.51. The van der Waals surface area contributed by atoms with Gasteiger partial charge in [0.2, 0.25) is 11.8 Å². The zero-order valence-electron chi connectivity index (χ0n) is 13.5. The second-order valence-corrected chi connectivity index (χ2v) is 6.40. The molecule has 1 N–H and O–H groups in total. The Kier molecular flexibility index (Phi) is 4.73. The summed E-state index contributed by atoms with van der Waals surface area (Å²) in [5.74, 6) is -1.36. The van der Waals surface area contributed by atoms with Gasteiger partial charge in [-0.05, 0) is 24.0 Å². The zero-order chi connectivity index (χ0) is 18.2. The van der Waals surface area contributed by atoms with Crippen molar-refractivity contribution in [3.63, 3.8) is 0 Å². The number of aliphatic hydroxyl groups is 1. The molecule has 2 unspecified atom stereocenters. The molecule has 25 heavy (non-hydrogen) atoms. The van der Waals surface area contributed by atoms with Gasteiger partial charge in [0, 0.05) is 32.1 Å². The quantitative estimate of drug-likeness (QED) is 0.892. The lowest BCUT2D eigenvalue weighted by Gasteiger charge is -2.34. The Labute approximate surface area is 143 Å². The monoisotopic (exact) mass is 356 g/mol. The van der Waals surface area contributed by atoms with Crippen LogP contribution in [0.15, 0.2) is 24.3 Å². The van der Waals surface area contributed by atoms with E-state index in [0.29, 0.717) is 32.6 Å². The first-order valence-electron chi connectivity index (χ1n) is 8.16. The van der Waals surface area contributed by atoms with Gasteiger partial charge in [-0.25, -0.2) is 0 Å². The Morgan fingerprint density at radius 2 is 1.68 bits per heavy atom. The predicted octanol–water partition coefficient (Wildman–Crippen LogP) is 1.47. The summed E-state index contributed by atoms with van der Waals surface area (Å²) in [6, 6.07) is 5.40. The van der Waals surface area contributed by atoms with E-state index in [4.69, 9.17) is 5.11 Å². The van der Waals surface area contributed by atoms with Crippen molar-refractivity contribution in [3.05, 3.63) is 35.4 Å². The molecular weight excluding hydrogens is 337 g/mol. The van der Waals surface area contributed by atoms with Gasteiger partial charge in [0.1, 0.15) is 6.61 Å². The van der Waals surface area contributed by atoms with Crippen LogP contribution in [0.3, 0.4) is 0 Å². The van der Waals surface area contributed by atoms with Gasteiger partial charge in [0.25, 0.3) is 0 Å². The third-order valence-electron chi connectivity index (χ3n) is 4.85. The van der Waals surface area contributed by atoms with Crippen molar-refractivity contribution >= 4 is 11.8 Å². The van der Waals surface area contributed by atoms with Crippen LogP contribution in [0.5, 0.6) is 0 Å². The highest BCUT2D eigenvalue weighted by Gasteiger charge is 2.49. The summed E-state index contributed by atoms with van der Waals surface area (Å²) in [6.07, 6.45) is -4.01. The number of amides is 2. The van der Waals surface area contributed by atoms with Crippen molar-refractivity contribution in [2.45, 2.75) is 18.5 Å². The van der Waals surface area contributed by atoms with Crippen molar-refractivity contribution in [2.75, 3.05) is 32.8 Å². The van der Waals surface area contributed by atoms with E-state index in [1.807, 2.05) is 0 Å². The van der Waals surface area contributed by atoms with Crippen LogP contribution in [-0.2, 0) is 15.8 Å². The van der Waals surface area contributed by atoms with Crippen molar-refractivity contribution in [3.8, 4) is 0 Å². The highest BCUT2D eigenvalue weighted by molar-refractivity contribution is 5.84. The molecule has 0 spiro atoms. The Hall–Kier alpha value is -2.09. The fourth-order valence-corrected chi connectivity index (χ4v) is 3.40. The second kappa shape index (κ2) is 6.67. The average molecular weight is 356 g/mol. The first-order chi connectivity index (χ1) is 11.8. The van der Waals surface area contributed by atoms with Crippen LogP contribution < -0.4 is 0 Å². The van der Waals surface area contributed by atoms with E-state index in [1.54, 1.807) is 11.0 Å². The maximum Gasteiger partial charge on any atom is 0.416 e. The molecule has 2 atom stereocenters. The summed E-state index contributed by atoms with van der Waals surface area (Å²) in [4.78, 5) is 27.0. The first kappa shape index (κ1) is 17.7. The zero-order valence-corrected chi connectivity index (χ0v) is 13.5. The number of hydrogen-bond donors (Lipinski definition) is 1. The number of aliphatic hydroxyl groups excluding tert-OH is 1. The van der Waals surface area contributed by atoms with Crippen LogP contribution in [0.2, 0.25) is 0 Å². The molecule has 0 radical (unpaired) electrons. The molecule has 136 valence electrons. The standard InChI is InChI=1S/C17H19F3N2O3/c18-17(19,20)14-4-2-1-3-11(14)12-9-13(12)16(25)22-7-5-21(6-8-22)15(24)10-23/h1-4,12-13,23H,5-10H2. The normalized spacial score (nSPS) is 23.5. The summed E-state index contributed by atoms with van der Waals surface area (Å²) in [5.41, 5.74) is -0.490. The number of carbonyl (C=O) groups is 2. The van der Waals surface area contributed by atoms with E-state index in [9.17, 15) is 22.8 Å². The van der Waals surface area contributed by atoms with Gasteiger partial charge in [-0.15, -0.1) is 0 Å². The predicted molar refractivity (Wildman–Crippen MR) is 82.5 cm³/mol. The molecule has 1 aliphatic carbocycles. The molecule has 1 aromatic rings. The molecular formula is C17H19F3N2O3. The molecule has 8 heteroatoms. The Morgan fingerprint density at radius 3 is 2.28 bits per heavy atom. The summed E-state index contributed by atoms with van der Waals surface area (Å²) < 4.78 is 39.4. The SMILES string of the molecule is O=C(CO)N1CCN(C(=O)C2CC2c2ccccc2C(F)(F)F)CC1. The molecule has 2 amide bonds. The number of alkyl halides is 3. The number of hydrogen-bond acceptors (Lipinski definition) is 3. The van der Waals surface area contributed by atoms with Gasteiger partial charge in [-0.1, -0.05) is 18.2 Å². The minimum Gasteiger partial charge on any atom is -0.387 e. The van der Waals surface area contributed by atoms with Crippen LogP contribution in [-0.4, -0.2) is 59.5 Å². The third kappa shape index (κ3) is 3.63. The third-order valence-corrected chi connectivity index (χ3v) is 4.85. The summed E-state index contributed by atoms with van der Waals surface area (Å²) in [6.45, 7) is 0.791. The smallest absolute Gasteiger partial charge is 0.387 e. The van der Waals surface area contributed by atoms with E-state index in [-0.39, 0.29) is 17.4 Å². The van der Waals surface area contributed by atoms with E-state index in [2.05, 4.69) is 0 Å². The van der Waals surface area contributed by atoms with E-state index >= 15 is 0 Å². The molecule has 2 aliphatic rings. The van der Waals surface area contributed by atoms with Gasteiger partial charge in [-0.3, -0.25) is 9.59 Å². The Morgan fingerprint density at radius 1 is 1.08 bits per heavy atom. The van der Waals surface area contributed by atoms with E-state index < -0.39 is 30.2 Å². The van der Waals surface area contributed by atoms with Crippen LogP contribution in [0.25, 0.3) is 0 Å². The number of carbonyl (C=O) groups excluding carboxylic acids is 2. The molecule has 2 fully saturated rings. The number of piperazine rings is 1. The Balaban J connectivity index is 1.63. The maximum absolute atomic E-state index is 13.1. The summed E-state index contributed by atoms with van der Waals surface area (Å²) in [7, 11) is 0. The van der Waals surface area contributed by atoms with Crippen LogP contribution in [0.4, 0.5) is 13.2 Å². The van der Waals surface area contributed by atoms with Gasteiger partial charge >= 0.3 is 6.18 Å². The van der Waals surface area contributed by atoms with Crippen molar-refractivity contribution < 1.29 is 27.9 Å². The topological polar surface area (TPSA) is 60.9 Å². The Bertz CT molecular complexity index is 669. The fourth-order valence-electron chi connectivity index (χ4n) is 3.40. The van der Waals surface area contributed by atoms with E-state index in [1.165, 1.54) is 17.0 Å². The lowest BCUT2D eigenvalue weighted by molar-refractivity contribution is -0.142. The molecule has 3 rings (SSSR count). The summed E-state index contributed by atoms with van der Waals surface area (Å²) >= 11 is 0. The van der Waals surface area contributed by atoms with Gasteiger partial charge in [-0.2, -0.15) is 13.2 Å². The second-order valence-electron chi connectivity index (χ2n) is 6.40. The van der Waals surface area contributed by atoms with Crippen molar-refractivity contribution in [1.82, 2.24) is 9.80 Å². The highest BCUT2D eigenvalue weighted by atomic mass is 19.4.